The molecule has 16 heavy (non-hydrogen) atoms. The van der Waals surface area contributed by atoms with Gasteiger partial charge in [-0.05, 0) is 31.9 Å². The zero-order chi connectivity index (χ0) is 12.2. The molecule has 0 radical (unpaired) electrons. The highest BCUT2D eigenvalue weighted by atomic mass is 79.9. The Labute approximate surface area is 105 Å². The van der Waals surface area contributed by atoms with Crippen molar-refractivity contribution in [3.63, 3.8) is 0 Å². The number of hydrogen-bond donors (Lipinski definition) is 2. The van der Waals surface area contributed by atoms with Gasteiger partial charge in [0.2, 0.25) is 5.91 Å². The first-order valence-electron chi connectivity index (χ1n) is 5.19. The summed E-state index contributed by atoms with van der Waals surface area (Å²) in [6.45, 7) is 4.00. The molecule has 0 saturated heterocycles. The maximum atomic E-state index is 11.3. The van der Waals surface area contributed by atoms with Gasteiger partial charge in [-0.1, -0.05) is 34.1 Å². The Kier molecular flexibility index (Phi) is 4.50. The first-order valence-corrected chi connectivity index (χ1v) is 5.98. The molecule has 0 aliphatic rings. The number of nitrogens with two attached hydrogens (primary N) is 1. The largest absolute Gasteiger partial charge is 0.350 e. The molecule has 0 aliphatic heterocycles. The molecule has 0 fully saturated rings. The molecule has 88 valence electrons. The maximum absolute atomic E-state index is 11.3. The van der Waals surface area contributed by atoms with E-state index < -0.39 is 0 Å². The van der Waals surface area contributed by atoms with Crippen molar-refractivity contribution in [1.82, 2.24) is 5.32 Å². The molecule has 0 spiro atoms. The van der Waals surface area contributed by atoms with Gasteiger partial charge in [0.05, 0.1) is 6.54 Å². The van der Waals surface area contributed by atoms with Crippen LogP contribution in [0.2, 0.25) is 0 Å². The van der Waals surface area contributed by atoms with Crippen molar-refractivity contribution >= 4 is 21.8 Å². The van der Waals surface area contributed by atoms with Crippen molar-refractivity contribution in [1.29, 1.82) is 0 Å². The Morgan fingerprint density at radius 1 is 1.44 bits per heavy atom. The van der Waals surface area contributed by atoms with Crippen LogP contribution in [0.1, 0.15) is 19.4 Å². The zero-order valence-electron chi connectivity index (χ0n) is 9.59. The van der Waals surface area contributed by atoms with Gasteiger partial charge in [-0.25, -0.2) is 0 Å². The van der Waals surface area contributed by atoms with Gasteiger partial charge in [-0.15, -0.1) is 0 Å². The molecule has 1 aromatic rings. The Morgan fingerprint density at radius 2 is 2.06 bits per heavy atom. The molecule has 0 bridgehead atoms. The highest BCUT2D eigenvalue weighted by Gasteiger charge is 2.21. The Morgan fingerprint density at radius 3 is 2.62 bits per heavy atom. The van der Waals surface area contributed by atoms with E-state index in [9.17, 15) is 4.79 Å². The summed E-state index contributed by atoms with van der Waals surface area (Å²) in [5.74, 6) is -0.128. The van der Waals surface area contributed by atoms with Crippen molar-refractivity contribution in [2.24, 2.45) is 5.73 Å². The third-order valence-electron chi connectivity index (χ3n) is 2.25. The first-order chi connectivity index (χ1) is 7.44. The van der Waals surface area contributed by atoms with Crippen LogP contribution in [0.25, 0.3) is 0 Å². The molecule has 3 N–H and O–H groups in total. The molecule has 0 aromatic heterocycles. The van der Waals surface area contributed by atoms with Gasteiger partial charge in [-0.2, -0.15) is 0 Å². The van der Waals surface area contributed by atoms with Crippen LogP contribution in [-0.2, 0) is 11.2 Å². The normalized spacial score (nSPS) is 11.2. The van der Waals surface area contributed by atoms with Crippen LogP contribution in [0, 0.1) is 0 Å². The van der Waals surface area contributed by atoms with Gasteiger partial charge >= 0.3 is 0 Å². The van der Waals surface area contributed by atoms with E-state index >= 15 is 0 Å². The van der Waals surface area contributed by atoms with Crippen molar-refractivity contribution < 1.29 is 4.79 Å². The summed E-state index contributed by atoms with van der Waals surface area (Å²) in [4.78, 5) is 11.3. The second-order valence-electron chi connectivity index (χ2n) is 4.40. The highest BCUT2D eigenvalue weighted by Crippen LogP contribution is 2.21. The topological polar surface area (TPSA) is 55.1 Å². The minimum atomic E-state index is -0.291. The van der Waals surface area contributed by atoms with Crippen LogP contribution in [0.15, 0.2) is 28.7 Å². The molecule has 0 atom stereocenters. The lowest BCUT2D eigenvalue weighted by Gasteiger charge is -2.26. The van der Waals surface area contributed by atoms with Gasteiger partial charge in [0.15, 0.2) is 0 Å². The second kappa shape index (κ2) is 5.46. The molecule has 0 unspecified atom stereocenters. The molecule has 4 heteroatoms. The summed E-state index contributed by atoms with van der Waals surface area (Å²) < 4.78 is 1.06. The summed E-state index contributed by atoms with van der Waals surface area (Å²) in [5, 5.41) is 2.90. The Hall–Kier alpha value is -0.870. The van der Waals surface area contributed by atoms with Crippen LogP contribution in [-0.4, -0.2) is 18.0 Å². The molecule has 3 nitrogen and oxygen atoms in total. The molecule has 1 amide bonds. The number of hydrogen-bond acceptors (Lipinski definition) is 2. The molecular formula is C12H17BrN2O. The van der Waals surface area contributed by atoms with E-state index in [1.165, 1.54) is 5.56 Å². The number of amides is 1. The summed E-state index contributed by atoms with van der Waals surface area (Å²) in [5.41, 5.74) is 6.16. The number of rotatable bonds is 4. The molecule has 0 aliphatic carbocycles. The van der Waals surface area contributed by atoms with Crippen LogP contribution < -0.4 is 11.1 Å². The smallest absolute Gasteiger partial charge is 0.234 e. The van der Waals surface area contributed by atoms with Gasteiger partial charge in [0.1, 0.15) is 0 Å². The number of carbonyl (C=O) groups is 1. The fraction of sp³-hybridized carbons (Fsp3) is 0.417. The maximum Gasteiger partial charge on any atom is 0.234 e. The molecule has 1 rings (SSSR count). The number of carbonyl (C=O) groups excluding carboxylic acids is 1. The van der Waals surface area contributed by atoms with Crippen LogP contribution in [0.3, 0.4) is 0 Å². The predicted octanol–water partition coefficient (Wildman–Crippen LogP) is 1.85. The van der Waals surface area contributed by atoms with Crippen LogP contribution in [0.4, 0.5) is 0 Å². The summed E-state index contributed by atoms with van der Waals surface area (Å²) in [6, 6.07) is 8.00. The summed E-state index contributed by atoms with van der Waals surface area (Å²) in [7, 11) is 0. The predicted molar refractivity (Wildman–Crippen MR) is 69.1 cm³/mol. The minimum absolute atomic E-state index is 0.0272. The van der Waals surface area contributed by atoms with Gasteiger partial charge in [-0.3, -0.25) is 4.79 Å². The molecular weight excluding hydrogens is 268 g/mol. The summed E-state index contributed by atoms with van der Waals surface area (Å²) >= 11 is 3.49. The highest BCUT2D eigenvalue weighted by molar-refractivity contribution is 9.10. The quantitative estimate of drug-likeness (QED) is 0.887. The van der Waals surface area contributed by atoms with Gasteiger partial charge < -0.3 is 11.1 Å². The third kappa shape index (κ3) is 3.94. The molecule has 1 aromatic carbocycles. The third-order valence-corrected chi connectivity index (χ3v) is 3.03. The molecule has 0 saturated carbocycles. The molecule has 0 heterocycles. The van der Waals surface area contributed by atoms with Crippen LogP contribution >= 0.6 is 15.9 Å². The van der Waals surface area contributed by atoms with E-state index in [0.717, 1.165) is 10.9 Å². The number of benzene rings is 1. The van der Waals surface area contributed by atoms with E-state index in [1.807, 2.05) is 38.1 Å². The lowest BCUT2D eigenvalue weighted by molar-refractivity contribution is -0.121. The van der Waals surface area contributed by atoms with Crippen molar-refractivity contribution in [3.05, 3.63) is 34.3 Å². The average molecular weight is 285 g/mol. The SMILES string of the molecule is CC(C)(Cc1ccccc1Br)NC(=O)CN. The minimum Gasteiger partial charge on any atom is -0.350 e. The fourth-order valence-corrected chi connectivity index (χ4v) is 2.02. The van der Waals surface area contributed by atoms with E-state index in [2.05, 4.69) is 21.2 Å². The van der Waals surface area contributed by atoms with E-state index in [-0.39, 0.29) is 18.0 Å². The van der Waals surface area contributed by atoms with E-state index in [1.54, 1.807) is 0 Å². The lowest BCUT2D eigenvalue weighted by Crippen LogP contribution is -2.47. The average Bonchev–Trinajstić information content (AvgIpc) is 2.20. The number of nitrogens with one attached hydrogen (secondary N) is 1. The first kappa shape index (κ1) is 13.2. The Balaban J connectivity index is 2.72. The van der Waals surface area contributed by atoms with Crippen molar-refractivity contribution in [3.8, 4) is 0 Å². The van der Waals surface area contributed by atoms with Gasteiger partial charge in [0.25, 0.3) is 0 Å². The monoisotopic (exact) mass is 284 g/mol. The standard InChI is InChI=1S/C12H17BrN2O/c1-12(2,15-11(16)8-14)7-9-5-3-4-6-10(9)13/h3-6H,7-8,14H2,1-2H3,(H,15,16). The van der Waals surface area contributed by atoms with E-state index in [0.29, 0.717) is 0 Å². The second-order valence-corrected chi connectivity index (χ2v) is 5.26. The van der Waals surface area contributed by atoms with Crippen molar-refractivity contribution in [2.45, 2.75) is 25.8 Å². The lowest BCUT2D eigenvalue weighted by atomic mass is 9.95. The van der Waals surface area contributed by atoms with Gasteiger partial charge in [0, 0.05) is 10.0 Å². The van der Waals surface area contributed by atoms with Crippen molar-refractivity contribution in [2.75, 3.05) is 6.54 Å². The Bertz CT molecular complexity index is 377. The van der Waals surface area contributed by atoms with Crippen LogP contribution in [0.5, 0.6) is 0 Å². The zero-order valence-corrected chi connectivity index (χ0v) is 11.2. The van der Waals surface area contributed by atoms with E-state index in [4.69, 9.17) is 5.73 Å². The fourth-order valence-electron chi connectivity index (χ4n) is 1.59. The number of halogens is 1. The summed E-state index contributed by atoms with van der Waals surface area (Å²) in [6.07, 6.45) is 0.764.